The van der Waals surface area contributed by atoms with E-state index in [0.717, 1.165) is 0 Å². The number of halogens is 1. The third-order valence-electron chi connectivity index (χ3n) is 4.31. The van der Waals surface area contributed by atoms with Crippen LogP contribution in [0.25, 0.3) is 33.3 Å². The Bertz CT molecular complexity index is 944. The fraction of sp³-hybridized carbons (Fsp3) is 0.0476. The quantitative estimate of drug-likeness (QED) is 0.352. The monoisotopic (exact) mass is 409 g/mol. The van der Waals surface area contributed by atoms with E-state index in [9.17, 15) is 0 Å². The van der Waals surface area contributed by atoms with Crippen molar-refractivity contribution in [2.24, 2.45) is 7.05 Å². The van der Waals surface area contributed by atoms with Gasteiger partial charge in [0.1, 0.15) is 0 Å². The van der Waals surface area contributed by atoms with Gasteiger partial charge >= 0.3 is 0 Å². The van der Waals surface area contributed by atoms with Gasteiger partial charge in [0, 0.05) is 27.1 Å². The molecule has 2 heteroatoms. The lowest BCUT2D eigenvalue weighted by molar-refractivity contribution is 0.976. The summed E-state index contributed by atoms with van der Waals surface area (Å²) in [5, 5.41) is 1.31. The standard InChI is InChI=1S/C21H16IN/c1-23-19-14-8-7-13-18(19)20(22)21(23)17-12-6-5-11-16(17)15-9-3-2-4-10-15/h2-14H,1H3. The van der Waals surface area contributed by atoms with Crippen LogP contribution in [0.5, 0.6) is 0 Å². The van der Waals surface area contributed by atoms with Gasteiger partial charge in [0.2, 0.25) is 0 Å². The van der Waals surface area contributed by atoms with Crippen LogP contribution >= 0.6 is 22.6 Å². The molecule has 0 saturated carbocycles. The molecule has 0 bridgehead atoms. The predicted octanol–water partition coefficient (Wildman–Crippen LogP) is 6.12. The van der Waals surface area contributed by atoms with Crippen molar-refractivity contribution in [3.8, 4) is 22.4 Å². The van der Waals surface area contributed by atoms with Gasteiger partial charge in [0.15, 0.2) is 0 Å². The molecule has 112 valence electrons. The van der Waals surface area contributed by atoms with Crippen molar-refractivity contribution in [2.45, 2.75) is 0 Å². The second-order valence-electron chi connectivity index (χ2n) is 5.65. The van der Waals surface area contributed by atoms with Crippen LogP contribution in [-0.2, 0) is 7.05 Å². The van der Waals surface area contributed by atoms with E-state index in [1.807, 2.05) is 0 Å². The van der Waals surface area contributed by atoms with E-state index in [4.69, 9.17) is 0 Å². The van der Waals surface area contributed by atoms with Crippen molar-refractivity contribution < 1.29 is 0 Å². The lowest BCUT2D eigenvalue weighted by atomic mass is 9.97. The minimum atomic E-state index is 1.25. The third-order valence-corrected chi connectivity index (χ3v) is 5.40. The Morgan fingerprint density at radius 3 is 2.04 bits per heavy atom. The zero-order valence-corrected chi connectivity index (χ0v) is 15.0. The Hall–Kier alpha value is -2.07. The largest absolute Gasteiger partial charge is 0.343 e. The van der Waals surface area contributed by atoms with E-state index in [1.165, 1.54) is 36.9 Å². The topological polar surface area (TPSA) is 4.93 Å². The highest BCUT2D eigenvalue weighted by atomic mass is 127. The molecular weight excluding hydrogens is 393 g/mol. The van der Waals surface area contributed by atoms with Gasteiger partial charge in [-0.25, -0.2) is 0 Å². The Labute approximate surface area is 149 Å². The molecule has 0 amide bonds. The van der Waals surface area contributed by atoms with E-state index >= 15 is 0 Å². The summed E-state index contributed by atoms with van der Waals surface area (Å²) in [7, 11) is 2.15. The van der Waals surface area contributed by atoms with Crippen molar-refractivity contribution in [1.82, 2.24) is 4.57 Å². The molecular formula is C21H16IN. The molecule has 0 N–H and O–H groups in total. The van der Waals surface area contributed by atoms with Gasteiger partial charge in [-0.3, -0.25) is 0 Å². The van der Waals surface area contributed by atoms with Crippen LogP contribution in [0.2, 0.25) is 0 Å². The number of aromatic nitrogens is 1. The minimum Gasteiger partial charge on any atom is -0.343 e. The summed E-state index contributed by atoms with van der Waals surface area (Å²) in [6.07, 6.45) is 0. The summed E-state index contributed by atoms with van der Waals surface area (Å²) >= 11 is 2.48. The van der Waals surface area contributed by atoms with E-state index < -0.39 is 0 Å². The number of benzene rings is 3. The highest BCUT2D eigenvalue weighted by Gasteiger charge is 2.17. The van der Waals surface area contributed by atoms with Crippen LogP contribution in [0.3, 0.4) is 0 Å². The van der Waals surface area contributed by atoms with Crippen molar-refractivity contribution in [1.29, 1.82) is 0 Å². The normalized spacial score (nSPS) is 11.0. The second-order valence-corrected chi connectivity index (χ2v) is 6.73. The molecule has 4 aromatic rings. The lowest BCUT2D eigenvalue weighted by Gasteiger charge is -2.12. The van der Waals surface area contributed by atoms with Gasteiger partial charge in [-0.15, -0.1) is 0 Å². The maximum Gasteiger partial charge on any atom is 0.0630 e. The summed E-state index contributed by atoms with van der Waals surface area (Å²) in [5.74, 6) is 0. The number of rotatable bonds is 2. The van der Waals surface area contributed by atoms with Crippen molar-refractivity contribution in [2.75, 3.05) is 0 Å². The SMILES string of the molecule is Cn1c(-c2ccccc2-c2ccccc2)c(I)c2ccccc21. The fourth-order valence-electron chi connectivity index (χ4n) is 3.20. The number of hydrogen-bond donors (Lipinski definition) is 0. The first-order valence-electron chi connectivity index (χ1n) is 7.65. The number of fused-ring (bicyclic) bond motifs is 1. The average molecular weight is 409 g/mol. The van der Waals surface area contributed by atoms with Gasteiger partial charge in [-0.05, 0) is 39.8 Å². The molecule has 0 aliphatic carbocycles. The smallest absolute Gasteiger partial charge is 0.0630 e. The molecule has 1 aromatic heterocycles. The van der Waals surface area contributed by atoms with Crippen molar-refractivity contribution in [3.63, 3.8) is 0 Å². The Morgan fingerprint density at radius 2 is 1.30 bits per heavy atom. The molecule has 0 aliphatic rings. The summed E-state index contributed by atoms with van der Waals surface area (Å²) in [4.78, 5) is 0. The van der Waals surface area contributed by atoms with Gasteiger partial charge in [-0.2, -0.15) is 0 Å². The number of para-hydroxylation sites is 1. The first-order valence-corrected chi connectivity index (χ1v) is 8.73. The molecule has 3 aromatic carbocycles. The van der Waals surface area contributed by atoms with Crippen LogP contribution in [0.1, 0.15) is 0 Å². The maximum atomic E-state index is 2.48. The van der Waals surface area contributed by atoms with Crippen LogP contribution in [0, 0.1) is 3.57 Å². The summed E-state index contributed by atoms with van der Waals surface area (Å²) in [5.41, 5.74) is 6.36. The van der Waals surface area contributed by atoms with Gasteiger partial charge in [-0.1, -0.05) is 72.8 Å². The number of nitrogens with zero attached hydrogens (tertiary/aromatic N) is 1. The van der Waals surface area contributed by atoms with Gasteiger partial charge < -0.3 is 4.57 Å². The van der Waals surface area contributed by atoms with E-state index in [0.29, 0.717) is 0 Å². The number of aryl methyl sites for hydroxylation is 1. The predicted molar refractivity (Wildman–Crippen MR) is 107 cm³/mol. The molecule has 0 spiro atoms. The molecule has 23 heavy (non-hydrogen) atoms. The van der Waals surface area contributed by atoms with E-state index in [1.54, 1.807) is 0 Å². The minimum absolute atomic E-state index is 1.25. The third kappa shape index (κ3) is 2.38. The Kier molecular flexibility index (Phi) is 3.69. The molecule has 0 atom stereocenters. The van der Waals surface area contributed by atoms with Crippen LogP contribution in [0.4, 0.5) is 0 Å². The van der Waals surface area contributed by atoms with Crippen molar-refractivity contribution in [3.05, 3.63) is 82.4 Å². The molecule has 4 rings (SSSR count). The van der Waals surface area contributed by atoms with Crippen LogP contribution < -0.4 is 0 Å². The van der Waals surface area contributed by atoms with Gasteiger partial charge in [0.05, 0.1) is 5.69 Å². The first-order chi connectivity index (χ1) is 11.3. The van der Waals surface area contributed by atoms with Gasteiger partial charge in [0.25, 0.3) is 0 Å². The zero-order valence-electron chi connectivity index (χ0n) is 12.8. The fourth-order valence-corrected chi connectivity index (χ4v) is 4.31. The van der Waals surface area contributed by atoms with Crippen LogP contribution in [0.15, 0.2) is 78.9 Å². The average Bonchev–Trinajstić information content (AvgIpc) is 2.87. The second kappa shape index (κ2) is 5.85. The summed E-state index contributed by atoms with van der Waals surface area (Å²) in [6, 6.07) is 27.9. The summed E-state index contributed by atoms with van der Waals surface area (Å²) < 4.78 is 3.61. The molecule has 0 unspecified atom stereocenters. The lowest BCUT2D eigenvalue weighted by Crippen LogP contribution is -1.94. The van der Waals surface area contributed by atoms with E-state index in [2.05, 4.69) is 113 Å². The molecule has 1 heterocycles. The highest BCUT2D eigenvalue weighted by molar-refractivity contribution is 14.1. The molecule has 0 radical (unpaired) electrons. The molecule has 0 fully saturated rings. The molecule has 0 aliphatic heterocycles. The summed E-state index contributed by atoms with van der Waals surface area (Å²) in [6.45, 7) is 0. The molecule has 1 nitrogen and oxygen atoms in total. The Morgan fingerprint density at radius 1 is 0.696 bits per heavy atom. The number of hydrogen-bond acceptors (Lipinski definition) is 0. The van der Waals surface area contributed by atoms with Crippen molar-refractivity contribution >= 4 is 33.5 Å². The highest BCUT2D eigenvalue weighted by Crippen LogP contribution is 2.38. The Balaban J connectivity index is 2.04. The zero-order chi connectivity index (χ0) is 15.8. The van der Waals surface area contributed by atoms with Crippen LogP contribution in [-0.4, -0.2) is 4.57 Å². The van der Waals surface area contributed by atoms with E-state index in [-0.39, 0.29) is 0 Å². The first kappa shape index (κ1) is 14.5. The molecule has 0 saturated heterocycles. The maximum absolute atomic E-state index is 2.48.